The van der Waals surface area contributed by atoms with E-state index >= 15 is 0 Å². The van der Waals surface area contributed by atoms with Crippen LogP contribution in [0.4, 0.5) is 0 Å². The normalized spacial score (nSPS) is 13.5. The van der Waals surface area contributed by atoms with Crippen LogP contribution in [-0.2, 0) is 5.41 Å². The van der Waals surface area contributed by atoms with E-state index in [0.29, 0.717) is 0 Å². The first-order chi connectivity index (χ1) is 23.1. The molecule has 0 radical (unpaired) electrons. The highest BCUT2D eigenvalue weighted by Gasteiger charge is 2.39. The molecule has 0 fully saturated rings. The summed E-state index contributed by atoms with van der Waals surface area (Å²) in [6.45, 7) is 4.68. The van der Waals surface area contributed by atoms with Crippen molar-refractivity contribution >= 4 is 43.7 Å². The van der Waals surface area contributed by atoms with Crippen LogP contribution in [0.15, 0.2) is 150 Å². The Labute approximate surface area is 272 Å². The van der Waals surface area contributed by atoms with Crippen molar-refractivity contribution in [1.82, 2.24) is 9.55 Å². The maximum Gasteiger partial charge on any atom is 0.140 e. The SMILES string of the molecule is CC1(C)c2cc3c(cc2-c2ccc4c(oc5ccccc54)c21)c1ccccc1n3-c1cc(-c2ccccc2)cc(-c2ccccc2)n1. The van der Waals surface area contributed by atoms with E-state index < -0.39 is 0 Å². The van der Waals surface area contributed by atoms with Gasteiger partial charge in [-0.2, -0.15) is 0 Å². The van der Waals surface area contributed by atoms with Crippen molar-refractivity contribution in [2.24, 2.45) is 0 Å². The third-order valence-electron chi connectivity index (χ3n) is 10.2. The van der Waals surface area contributed by atoms with Crippen molar-refractivity contribution in [1.29, 1.82) is 0 Å². The molecule has 0 unspecified atom stereocenters. The molecule has 1 aliphatic rings. The van der Waals surface area contributed by atoms with Gasteiger partial charge in [-0.25, -0.2) is 4.98 Å². The van der Waals surface area contributed by atoms with E-state index in [1.54, 1.807) is 0 Å². The van der Waals surface area contributed by atoms with E-state index in [1.165, 1.54) is 49.4 Å². The number of furan rings is 1. The second-order valence-corrected chi connectivity index (χ2v) is 13.2. The third kappa shape index (κ3) is 3.71. The molecular weight excluding hydrogens is 572 g/mol. The highest BCUT2D eigenvalue weighted by Crippen LogP contribution is 2.54. The minimum atomic E-state index is -0.262. The monoisotopic (exact) mass is 602 g/mol. The molecule has 3 heterocycles. The zero-order valence-corrected chi connectivity index (χ0v) is 26.2. The Bertz CT molecular complexity index is 2640. The Balaban J connectivity index is 1.27. The lowest BCUT2D eigenvalue weighted by molar-refractivity contribution is 0.620. The van der Waals surface area contributed by atoms with Crippen LogP contribution in [0.3, 0.4) is 0 Å². The quantitative estimate of drug-likeness (QED) is 0.201. The molecule has 222 valence electrons. The Hall–Kier alpha value is -5.93. The summed E-state index contributed by atoms with van der Waals surface area (Å²) in [5, 5.41) is 4.78. The molecule has 3 nitrogen and oxygen atoms in total. The van der Waals surface area contributed by atoms with Crippen LogP contribution < -0.4 is 0 Å². The minimum absolute atomic E-state index is 0.262. The van der Waals surface area contributed by atoms with E-state index in [4.69, 9.17) is 9.40 Å². The predicted octanol–water partition coefficient (Wildman–Crippen LogP) is 11.7. The van der Waals surface area contributed by atoms with Gasteiger partial charge in [-0.1, -0.05) is 117 Å². The van der Waals surface area contributed by atoms with Crippen LogP contribution in [-0.4, -0.2) is 9.55 Å². The van der Waals surface area contributed by atoms with E-state index in [1.807, 2.05) is 6.07 Å². The molecule has 3 aromatic heterocycles. The molecule has 10 rings (SSSR count). The molecule has 6 aromatic carbocycles. The summed E-state index contributed by atoms with van der Waals surface area (Å²) >= 11 is 0. The number of hydrogen-bond acceptors (Lipinski definition) is 2. The smallest absolute Gasteiger partial charge is 0.140 e. The largest absolute Gasteiger partial charge is 0.456 e. The molecule has 47 heavy (non-hydrogen) atoms. The molecule has 0 atom stereocenters. The number of aromatic nitrogens is 2. The van der Waals surface area contributed by atoms with Gasteiger partial charge in [-0.15, -0.1) is 0 Å². The minimum Gasteiger partial charge on any atom is -0.456 e. The van der Waals surface area contributed by atoms with E-state index in [9.17, 15) is 0 Å². The average Bonchev–Trinajstić information content (AvgIpc) is 3.73. The summed E-state index contributed by atoms with van der Waals surface area (Å²) in [7, 11) is 0. The summed E-state index contributed by atoms with van der Waals surface area (Å²) in [6.07, 6.45) is 0. The van der Waals surface area contributed by atoms with E-state index in [0.717, 1.165) is 44.8 Å². The molecular formula is C44H30N2O. The Morgan fingerprint density at radius 1 is 0.532 bits per heavy atom. The number of benzene rings is 6. The summed E-state index contributed by atoms with van der Waals surface area (Å²) in [5.74, 6) is 0.907. The van der Waals surface area contributed by atoms with Gasteiger partial charge in [0, 0.05) is 38.1 Å². The number of hydrogen-bond donors (Lipinski definition) is 0. The van der Waals surface area contributed by atoms with Crippen LogP contribution in [0.25, 0.3) is 83.1 Å². The number of para-hydroxylation sites is 2. The zero-order chi connectivity index (χ0) is 31.3. The third-order valence-corrected chi connectivity index (χ3v) is 10.2. The van der Waals surface area contributed by atoms with Gasteiger partial charge in [0.05, 0.1) is 16.7 Å². The van der Waals surface area contributed by atoms with Crippen molar-refractivity contribution in [3.8, 4) is 39.3 Å². The van der Waals surface area contributed by atoms with Gasteiger partial charge in [0.2, 0.25) is 0 Å². The van der Waals surface area contributed by atoms with E-state index in [2.05, 4.69) is 158 Å². The topological polar surface area (TPSA) is 31.0 Å². The van der Waals surface area contributed by atoms with Gasteiger partial charge in [-0.05, 0) is 70.3 Å². The lowest BCUT2D eigenvalue weighted by Gasteiger charge is -2.22. The van der Waals surface area contributed by atoms with Gasteiger partial charge in [-0.3, -0.25) is 4.57 Å². The number of fused-ring (bicyclic) bond motifs is 10. The Morgan fingerprint density at radius 3 is 2.04 bits per heavy atom. The lowest BCUT2D eigenvalue weighted by Crippen LogP contribution is -2.15. The number of pyridine rings is 1. The van der Waals surface area contributed by atoms with Crippen LogP contribution in [0.2, 0.25) is 0 Å². The summed E-state index contributed by atoms with van der Waals surface area (Å²) in [4.78, 5) is 5.35. The van der Waals surface area contributed by atoms with Crippen LogP contribution >= 0.6 is 0 Å². The van der Waals surface area contributed by atoms with Gasteiger partial charge < -0.3 is 4.42 Å². The molecule has 0 bridgehead atoms. The molecule has 0 amide bonds. The molecule has 0 spiro atoms. The standard InChI is InChI=1S/C44H30N2O/c1-44(2)36-26-39-35(25-34(36)32-21-22-33-31-18-10-12-20-40(31)47-43(33)42(32)44)30-17-9-11-19-38(30)46(39)41-24-29(27-13-5-3-6-14-27)23-37(45-41)28-15-7-4-8-16-28/h3-26H,1-2H3. The summed E-state index contributed by atoms with van der Waals surface area (Å²) in [6, 6.07) is 52.0. The average molecular weight is 603 g/mol. The lowest BCUT2D eigenvalue weighted by atomic mass is 9.81. The van der Waals surface area contributed by atoms with Gasteiger partial charge in [0.25, 0.3) is 0 Å². The summed E-state index contributed by atoms with van der Waals surface area (Å²) in [5.41, 5.74) is 13.4. The number of nitrogens with zero attached hydrogens (tertiary/aromatic N) is 2. The van der Waals surface area contributed by atoms with Crippen LogP contribution in [0.5, 0.6) is 0 Å². The molecule has 1 aliphatic carbocycles. The highest BCUT2D eigenvalue weighted by atomic mass is 16.3. The fourth-order valence-electron chi connectivity index (χ4n) is 7.95. The Kier molecular flexibility index (Phi) is 5.34. The maximum atomic E-state index is 6.60. The highest BCUT2D eigenvalue weighted by molar-refractivity contribution is 6.13. The van der Waals surface area contributed by atoms with Crippen LogP contribution in [0.1, 0.15) is 25.0 Å². The maximum absolute atomic E-state index is 6.60. The van der Waals surface area contributed by atoms with Crippen molar-refractivity contribution in [2.45, 2.75) is 19.3 Å². The van der Waals surface area contributed by atoms with Crippen LogP contribution in [0, 0.1) is 0 Å². The van der Waals surface area contributed by atoms with Crippen molar-refractivity contribution in [2.75, 3.05) is 0 Å². The fraction of sp³-hybridized carbons (Fsp3) is 0.0682. The first kappa shape index (κ1) is 26.3. The van der Waals surface area contributed by atoms with Crippen molar-refractivity contribution in [3.05, 3.63) is 157 Å². The number of rotatable bonds is 3. The molecule has 0 saturated heterocycles. The Morgan fingerprint density at radius 2 is 1.23 bits per heavy atom. The second-order valence-electron chi connectivity index (χ2n) is 13.2. The fourth-order valence-corrected chi connectivity index (χ4v) is 7.95. The first-order valence-electron chi connectivity index (χ1n) is 16.2. The molecule has 3 heteroatoms. The first-order valence-corrected chi connectivity index (χ1v) is 16.2. The molecule has 0 saturated carbocycles. The summed E-state index contributed by atoms with van der Waals surface area (Å²) < 4.78 is 8.96. The van der Waals surface area contributed by atoms with Crippen molar-refractivity contribution in [3.63, 3.8) is 0 Å². The zero-order valence-electron chi connectivity index (χ0n) is 26.2. The molecule has 9 aromatic rings. The van der Waals surface area contributed by atoms with Gasteiger partial charge in [0.1, 0.15) is 17.0 Å². The molecule has 0 N–H and O–H groups in total. The van der Waals surface area contributed by atoms with Crippen molar-refractivity contribution < 1.29 is 4.42 Å². The second kappa shape index (κ2) is 9.54. The predicted molar refractivity (Wildman–Crippen MR) is 194 cm³/mol. The van der Waals surface area contributed by atoms with Gasteiger partial charge in [0.15, 0.2) is 0 Å². The van der Waals surface area contributed by atoms with Gasteiger partial charge >= 0.3 is 0 Å². The molecule has 0 aliphatic heterocycles. The van der Waals surface area contributed by atoms with E-state index in [-0.39, 0.29) is 5.41 Å².